The van der Waals surface area contributed by atoms with Gasteiger partial charge >= 0.3 is 154 Å². The summed E-state index contributed by atoms with van der Waals surface area (Å²) in [6.45, 7) is -0.613. The van der Waals surface area contributed by atoms with E-state index >= 15 is 0 Å². The Morgan fingerprint density at radius 2 is 1.33 bits per heavy atom. The van der Waals surface area contributed by atoms with E-state index in [0.717, 1.165) is 48.5 Å². The SMILES string of the molecule is O=S(=O)([O-])CNc1ccc2c(O)c(N=Nc3ccc(S(=O)(=O)CCOSOO[O-])cc3S(=O)(=O)[O-])c(SOO[O-])cc2c1N=Nc1cc(Nc2cc(F)nc(F)n2)ccc1S(=O)(=O)[O-].[Na+].[Na+].[Na+].[Na+].[Na+]. The first kappa shape index (κ1) is 68.8. The molecule has 3 N–H and O–H groups in total. The molecule has 69 heavy (non-hydrogen) atoms. The fraction of sp³-hybridized carbons (Fsp3) is 0.103. The third-order valence-corrected chi connectivity index (χ3v) is 12.5. The number of phenolic OH excluding ortho intramolecular Hbond substituents is 1. The zero-order valence-corrected chi connectivity index (χ0v) is 50.5. The molecule has 0 unspecified atom stereocenters. The van der Waals surface area contributed by atoms with Crippen LogP contribution in [0.2, 0.25) is 0 Å². The van der Waals surface area contributed by atoms with Gasteiger partial charge in [-0.2, -0.15) is 23.1 Å². The summed E-state index contributed by atoms with van der Waals surface area (Å²) >= 11 is 0.000499. The number of hydrogen-bond donors (Lipinski definition) is 3. The van der Waals surface area contributed by atoms with E-state index in [1.54, 1.807) is 0 Å². The van der Waals surface area contributed by atoms with Crippen LogP contribution in [-0.2, 0) is 63.1 Å². The van der Waals surface area contributed by atoms with E-state index in [-0.39, 0.29) is 194 Å². The molecule has 4 aromatic carbocycles. The maximum atomic E-state index is 13.7. The van der Waals surface area contributed by atoms with Gasteiger partial charge in [0.05, 0.1) is 49.7 Å². The molecule has 0 bridgehead atoms. The zero-order chi connectivity index (χ0) is 47.0. The van der Waals surface area contributed by atoms with Crippen LogP contribution < -0.4 is 169 Å². The second-order valence-corrected chi connectivity index (χ2v) is 19.1. The molecule has 0 aliphatic rings. The molecular weight excluding hydrogens is 1110 g/mol. The number of azo groups is 2. The van der Waals surface area contributed by atoms with E-state index in [1.807, 2.05) is 0 Å². The van der Waals surface area contributed by atoms with Gasteiger partial charge in [0.2, 0.25) is 5.95 Å². The van der Waals surface area contributed by atoms with E-state index in [0.29, 0.717) is 12.1 Å². The molecule has 0 saturated carbocycles. The van der Waals surface area contributed by atoms with Crippen LogP contribution in [-0.4, -0.2) is 80.6 Å². The van der Waals surface area contributed by atoms with Crippen LogP contribution in [0.3, 0.4) is 0 Å². The maximum absolute atomic E-state index is 13.7. The molecule has 0 aliphatic heterocycles. The summed E-state index contributed by atoms with van der Waals surface area (Å²) in [5, 5.41) is 57.8. The summed E-state index contributed by atoms with van der Waals surface area (Å²) in [4.78, 5) is 2.73. The first-order valence-corrected chi connectivity index (χ1v) is 23.6. The molecule has 1 aromatic heterocycles. The van der Waals surface area contributed by atoms with Crippen LogP contribution in [0.1, 0.15) is 0 Å². The third kappa shape index (κ3) is 20.1. The normalized spacial score (nSPS) is 11.8. The maximum Gasteiger partial charge on any atom is 1.00 e. The van der Waals surface area contributed by atoms with Crippen molar-refractivity contribution in [2.24, 2.45) is 20.5 Å². The van der Waals surface area contributed by atoms with Gasteiger partial charge in [-0.25, -0.2) is 33.7 Å². The zero-order valence-electron chi connectivity index (χ0n) is 35.6. The number of hydrogen-bond acceptors (Lipinski definition) is 29. The van der Waals surface area contributed by atoms with Gasteiger partial charge in [0.25, 0.3) is 0 Å². The molecule has 27 nitrogen and oxygen atoms in total. The van der Waals surface area contributed by atoms with Crippen molar-refractivity contribution in [2.45, 2.75) is 19.6 Å². The molecule has 0 fully saturated rings. The number of nitrogens with zero attached hydrogens (tertiary/aromatic N) is 6. The number of fused-ring (bicyclic) bond motifs is 1. The average Bonchev–Trinajstić information content (AvgIpc) is 3.19. The fourth-order valence-electron chi connectivity index (χ4n) is 5.02. The van der Waals surface area contributed by atoms with Gasteiger partial charge in [-0.1, -0.05) is 0 Å². The minimum atomic E-state index is -5.53. The number of nitrogens with one attached hydrogen (secondary N) is 2. The molecule has 0 aliphatic carbocycles. The number of rotatable bonds is 21. The Morgan fingerprint density at radius 3 is 1.94 bits per heavy atom. The second-order valence-electron chi connectivity index (χ2n) is 11.7. The summed E-state index contributed by atoms with van der Waals surface area (Å²) in [5.74, 6) is -4.82. The largest absolute Gasteiger partial charge is 1.00 e. The molecule has 40 heteroatoms. The smallest absolute Gasteiger partial charge is 0.747 e. The Balaban J connectivity index is 0.00000925. The molecule has 0 radical (unpaired) electrons. The molecule has 0 atom stereocenters. The monoisotopic (exact) mass is 1130 g/mol. The molecule has 344 valence electrons. The Labute approximate surface area is 507 Å². The van der Waals surface area contributed by atoms with E-state index in [2.05, 4.69) is 64.0 Å². The van der Waals surface area contributed by atoms with Gasteiger partial charge in [-0.05, 0) is 54.6 Å². The number of benzene rings is 4. The molecular formula is C29H19F2N8Na5O19S6. The molecule has 0 saturated heterocycles. The second kappa shape index (κ2) is 30.4. The van der Waals surface area contributed by atoms with Crippen LogP contribution in [0.5, 0.6) is 5.75 Å². The minimum absolute atomic E-state index is 0. The quantitative estimate of drug-likeness (QED) is 0.00707. The number of aromatic hydroxyl groups is 1. The van der Waals surface area contributed by atoms with Gasteiger partial charge in [-0.15, -0.1) is 24.8 Å². The van der Waals surface area contributed by atoms with Crippen molar-refractivity contribution in [3.05, 3.63) is 72.7 Å². The Morgan fingerprint density at radius 1 is 0.696 bits per heavy atom. The van der Waals surface area contributed by atoms with Crippen molar-refractivity contribution >= 4 is 115 Å². The molecule has 5 rings (SSSR count). The Hall–Kier alpha value is -0.220. The van der Waals surface area contributed by atoms with Crippen LogP contribution in [0.25, 0.3) is 10.8 Å². The third-order valence-electron chi connectivity index (χ3n) is 7.58. The van der Waals surface area contributed by atoms with Crippen LogP contribution in [0, 0.1) is 12.0 Å². The molecule has 1 heterocycles. The van der Waals surface area contributed by atoms with Crippen LogP contribution in [0.15, 0.2) is 101 Å². The van der Waals surface area contributed by atoms with Crippen molar-refractivity contribution in [3.63, 3.8) is 0 Å². The van der Waals surface area contributed by atoms with Crippen LogP contribution in [0.4, 0.5) is 48.7 Å². The van der Waals surface area contributed by atoms with Gasteiger partial charge in [0, 0.05) is 22.5 Å². The number of phenols is 1. The van der Waals surface area contributed by atoms with E-state index < -0.39 is 124 Å². The van der Waals surface area contributed by atoms with Gasteiger partial charge < -0.3 is 39.9 Å². The predicted octanol–water partition coefficient (Wildman–Crippen LogP) is -12.3. The number of anilines is 3. The summed E-state index contributed by atoms with van der Waals surface area (Å²) in [5.41, 5.74) is -3.31. The van der Waals surface area contributed by atoms with E-state index in [9.17, 15) is 71.7 Å². The fourth-order valence-corrected chi connectivity index (χ4v) is 8.57. The summed E-state index contributed by atoms with van der Waals surface area (Å²) in [6.07, 6.45) is -1.49. The summed E-state index contributed by atoms with van der Waals surface area (Å²) < 4.78 is 174. The first-order chi connectivity index (χ1) is 30.0. The van der Waals surface area contributed by atoms with Gasteiger partial charge in [0.15, 0.2) is 27.9 Å². The minimum Gasteiger partial charge on any atom is -0.747 e. The van der Waals surface area contributed by atoms with E-state index in [1.165, 1.54) is 0 Å². The molecule has 0 amide bonds. The van der Waals surface area contributed by atoms with Crippen molar-refractivity contribution in [1.82, 2.24) is 9.97 Å². The van der Waals surface area contributed by atoms with Crippen molar-refractivity contribution in [2.75, 3.05) is 28.9 Å². The first-order valence-electron chi connectivity index (χ1n) is 16.1. The van der Waals surface area contributed by atoms with Gasteiger partial charge in [0.1, 0.15) is 64.8 Å². The summed E-state index contributed by atoms with van der Waals surface area (Å²) in [6, 6.07) is 8.31. The number of sulfone groups is 1. The number of aromatic nitrogens is 2. The standard InChI is InChI=1S/C29H24F2N8O19S6.5Na/c30-24-12-25(35-29(31)34-24)33-14-1-6-22(63(48,49)50)20(9-14)37-38-26-17-11-21(59-57-55-41)27(28(40)16(17)3-5-19(26)32-13-62(45,46)47)39-36-18-4-2-15(10-23(18)64(51,52)53)61(43,44)8-7-54-60-58-56-42;;;;;/h1-6,9-12,32,40-42H,7-8,13H2,(H,33,34,35)(H,45,46,47)(H,48,49,50)(H,51,52,53);;;;;/q;5*+1/p-5. The van der Waals surface area contributed by atoms with Crippen molar-refractivity contribution < 1.29 is 242 Å². The van der Waals surface area contributed by atoms with Crippen molar-refractivity contribution in [3.8, 4) is 5.75 Å². The topological polar surface area (TPSA) is 418 Å². The molecule has 0 spiro atoms. The average molecular weight is 1130 g/mol. The number of halogens is 2. The van der Waals surface area contributed by atoms with Gasteiger partial charge in [-0.3, -0.25) is 14.3 Å². The van der Waals surface area contributed by atoms with Crippen molar-refractivity contribution in [1.29, 1.82) is 0 Å². The molecule has 5 aromatic rings. The Kier molecular flexibility index (Phi) is 30.3. The van der Waals surface area contributed by atoms with Crippen LogP contribution >= 0.6 is 24.4 Å². The Bertz CT molecular complexity index is 3100. The predicted molar refractivity (Wildman–Crippen MR) is 202 cm³/mol. The van der Waals surface area contributed by atoms with E-state index in [4.69, 9.17) is 0 Å². The summed E-state index contributed by atoms with van der Waals surface area (Å²) in [7, 11) is -20.3.